The van der Waals surface area contributed by atoms with Gasteiger partial charge in [-0.05, 0) is 44.7 Å². The highest BCUT2D eigenvalue weighted by Gasteiger charge is 2.28. The second-order valence-electron chi connectivity index (χ2n) is 8.42. The van der Waals surface area contributed by atoms with Gasteiger partial charge in [0.15, 0.2) is 0 Å². The molecule has 1 aromatic carbocycles. The molecule has 0 aliphatic carbocycles. The monoisotopic (exact) mass is 458 g/mol. The number of aromatic nitrogens is 3. The zero-order chi connectivity index (χ0) is 24.2. The molecule has 2 aromatic heterocycles. The molecule has 0 saturated carbocycles. The highest BCUT2D eigenvalue weighted by molar-refractivity contribution is 5.95. The summed E-state index contributed by atoms with van der Waals surface area (Å²) < 4.78 is 15.2. The van der Waals surface area contributed by atoms with E-state index in [9.17, 15) is 4.79 Å². The zero-order valence-corrected chi connectivity index (χ0v) is 19.5. The first-order chi connectivity index (χ1) is 16.4. The third-order valence-electron chi connectivity index (χ3n) is 5.94. The number of amides is 1. The van der Waals surface area contributed by atoms with Crippen LogP contribution < -0.4 is 5.73 Å². The van der Waals surface area contributed by atoms with Gasteiger partial charge < -0.3 is 15.5 Å². The van der Waals surface area contributed by atoms with Crippen LogP contribution in [0.5, 0.6) is 0 Å². The van der Waals surface area contributed by atoms with Crippen molar-refractivity contribution in [2.24, 2.45) is 0 Å². The van der Waals surface area contributed by atoms with Crippen molar-refractivity contribution in [2.45, 2.75) is 26.3 Å². The van der Waals surface area contributed by atoms with Crippen molar-refractivity contribution in [3.05, 3.63) is 71.1 Å². The van der Waals surface area contributed by atoms with E-state index in [1.807, 2.05) is 20.9 Å². The summed E-state index contributed by atoms with van der Waals surface area (Å²) in [5.74, 6) is 5.73. The number of nitrogen functional groups attached to an aromatic ring is 1. The number of aryl methyl sites for hydroxylation is 1. The van der Waals surface area contributed by atoms with E-state index in [4.69, 9.17) is 5.73 Å². The molecule has 1 saturated heterocycles. The molecule has 1 amide bonds. The Balaban J connectivity index is 1.68. The third kappa shape index (κ3) is 4.90. The summed E-state index contributed by atoms with van der Waals surface area (Å²) in [6, 6.07) is 8.08. The number of carbonyl (C=O) groups is 1. The molecule has 1 aliphatic rings. The van der Waals surface area contributed by atoms with Crippen LogP contribution in [0.2, 0.25) is 0 Å². The van der Waals surface area contributed by atoms with Crippen molar-refractivity contribution in [1.82, 2.24) is 24.8 Å². The highest BCUT2D eigenvalue weighted by Crippen LogP contribution is 2.26. The Kier molecular flexibility index (Phi) is 6.85. The maximum Gasteiger partial charge on any atom is 0.257 e. The predicted octanol–water partition coefficient (Wildman–Crippen LogP) is 3.00. The lowest BCUT2D eigenvalue weighted by atomic mass is 10.0. The Morgan fingerprint density at radius 1 is 1.18 bits per heavy atom. The quantitative estimate of drug-likeness (QED) is 0.607. The zero-order valence-electron chi connectivity index (χ0n) is 19.5. The number of piperazine rings is 1. The number of likely N-dealkylation sites (N-methyl/N-ethyl adjacent to an activating group) is 1. The van der Waals surface area contributed by atoms with Crippen LogP contribution in [-0.4, -0.2) is 63.4 Å². The molecule has 0 radical (unpaired) electrons. The van der Waals surface area contributed by atoms with Crippen LogP contribution in [-0.2, 0) is 6.42 Å². The Bertz CT molecular complexity index is 1260. The number of nitrogens with zero attached hydrogens (tertiary/aromatic N) is 5. The van der Waals surface area contributed by atoms with Crippen molar-refractivity contribution in [3.8, 4) is 23.1 Å². The van der Waals surface area contributed by atoms with Crippen LogP contribution in [0.3, 0.4) is 0 Å². The van der Waals surface area contributed by atoms with E-state index < -0.39 is 5.82 Å². The average molecular weight is 459 g/mol. The molecule has 3 aromatic rings. The van der Waals surface area contributed by atoms with Gasteiger partial charge in [0.25, 0.3) is 5.91 Å². The first kappa shape index (κ1) is 23.3. The molecule has 3 heterocycles. The molecular formula is C26H27FN6O. The molecule has 1 aliphatic heterocycles. The van der Waals surface area contributed by atoms with Crippen molar-refractivity contribution in [2.75, 3.05) is 32.4 Å². The van der Waals surface area contributed by atoms with E-state index in [-0.39, 0.29) is 17.5 Å². The van der Waals surface area contributed by atoms with Gasteiger partial charge in [0.2, 0.25) is 0 Å². The Hall–Kier alpha value is -3.83. The molecule has 8 heteroatoms. The molecular weight excluding hydrogens is 431 g/mol. The minimum Gasteiger partial charge on any atom is -0.384 e. The lowest BCUT2D eigenvalue weighted by Crippen LogP contribution is -2.52. The number of pyridine rings is 1. The van der Waals surface area contributed by atoms with E-state index in [2.05, 4.69) is 31.7 Å². The Morgan fingerprint density at radius 2 is 2.00 bits per heavy atom. The number of hydrogen-bond acceptors (Lipinski definition) is 6. The number of benzene rings is 1. The summed E-state index contributed by atoms with van der Waals surface area (Å²) in [4.78, 5) is 29.7. The molecule has 0 spiro atoms. The largest absolute Gasteiger partial charge is 0.384 e. The Morgan fingerprint density at radius 3 is 2.68 bits per heavy atom. The normalized spacial score (nSPS) is 16.1. The Labute approximate surface area is 198 Å². The predicted molar refractivity (Wildman–Crippen MR) is 129 cm³/mol. The molecule has 0 bridgehead atoms. The van der Waals surface area contributed by atoms with Crippen LogP contribution >= 0.6 is 0 Å². The van der Waals surface area contributed by atoms with Crippen molar-refractivity contribution in [3.63, 3.8) is 0 Å². The van der Waals surface area contributed by atoms with E-state index in [0.717, 1.165) is 18.8 Å². The van der Waals surface area contributed by atoms with Gasteiger partial charge in [0, 0.05) is 43.0 Å². The molecule has 1 atom stereocenters. The van der Waals surface area contributed by atoms with E-state index in [1.165, 1.54) is 18.5 Å². The van der Waals surface area contributed by atoms with Crippen LogP contribution in [0.4, 0.5) is 10.2 Å². The fraction of sp³-hybridized carbons (Fsp3) is 0.308. The van der Waals surface area contributed by atoms with Crippen molar-refractivity contribution < 1.29 is 9.18 Å². The molecule has 174 valence electrons. The standard InChI is InChI=1S/C26H27FN6O/c1-4-23-21(8-5-18-6-10-24(28)29-14-18)25(31-16-30-23)19-7-9-20(22(27)13-19)26(34)33-12-11-32(3)15-17(33)2/h6-7,9-10,13-14,16-17H,4,11-12,15H2,1-3H3,(H2,28,29). The van der Waals surface area contributed by atoms with Gasteiger partial charge in [-0.2, -0.15) is 0 Å². The van der Waals surface area contributed by atoms with Gasteiger partial charge >= 0.3 is 0 Å². The summed E-state index contributed by atoms with van der Waals surface area (Å²) in [7, 11) is 2.02. The number of hydrogen-bond donors (Lipinski definition) is 1. The second-order valence-corrected chi connectivity index (χ2v) is 8.42. The lowest BCUT2D eigenvalue weighted by molar-refractivity contribution is 0.0529. The SMILES string of the molecule is CCc1ncnc(-c2ccc(C(=O)N3CCN(C)CC3C)c(F)c2)c1C#Cc1ccc(N)nc1. The third-order valence-corrected chi connectivity index (χ3v) is 5.94. The van der Waals surface area contributed by atoms with Crippen molar-refractivity contribution in [1.29, 1.82) is 0 Å². The van der Waals surface area contributed by atoms with Gasteiger partial charge in [0.05, 0.1) is 22.5 Å². The summed E-state index contributed by atoms with van der Waals surface area (Å²) in [6.45, 7) is 6.05. The summed E-state index contributed by atoms with van der Waals surface area (Å²) in [5, 5.41) is 0. The molecule has 1 fully saturated rings. The number of carbonyl (C=O) groups excluding carboxylic acids is 1. The topological polar surface area (TPSA) is 88.2 Å². The fourth-order valence-electron chi connectivity index (χ4n) is 4.09. The van der Waals surface area contributed by atoms with Crippen LogP contribution in [0.25, 0.3) is 11.3 Å². The lowest BCUT2D eigenvalue weighted by Gasteiger charge is -2.38. The highest BCUT2D eigenvalue weighted by atomic mass is 19.1. The van der Waals surface area contributed by atoms with Gasteiger partial charge in [-0.3, -0.25) is 4.79 Å². The number of nitrogens with two attached hydrogens (primary N) is 1. The summed E-state index contributed by atoms with van der Waals surface area (Å²) >= 11 is 0. The molecule has 1 unspecified atom stereocenters. The maximum atomic E-state index is 15.2. The van der Waals surface area contributed by atoms with Gasteiger partial charge in [0.1, 0.15) is 18.0 Å². The maximum absolute atomic E-state index is 15.2. The minimum atomic E-state index is -0.577. The molecule has 7 nitrogen and oxygen atoms in total. The minimum absolute atomic E-state index is 0.0176. The fourth-order valence-corrected chi connectivity index (χ4v) is 4.09. The van der Waals surface area contributed by atoms with Crippen molar-refractivity contribution >= 4 is 11.7 Å². The van der Waals surface area contributed by atoms with E-state index in [0.29, 0.717) is 41.2 Å². The van der Waals surface area contributed by atoms with Crippen LogP contribution in [0, 0.1) is 17.7 Å². The second kappa shape index (κ2) is 9.98. The number of anilines is 1. The number of rotatable bonds is 3. The van der Waals surface area contributed by atoms with E-state index >= 15 is 4.39 Å². The smallest absolute Gasteiger partial charge is 0.257 e. The van der Waals surface area contributed by atoms with Crippen LogP contribution in [0.15, 0.2) is 42.9 Å². The molecule has 34 heavy (non-hydrogen) atoms. The van der Waals surface area contributed by atoms with Gasteiger partial charge in [-0.1, -0.05) is 24.8 Å². The summed E-state index contributed by atoms with van der Waals surface area (Å²) in [6.07, 6.45) is 3.68. The van der Waals surface area contributed by atoms with Crippen LogP contribution in [0.1, 0.15) is 41.0 Å². The number of halogens is 1. The van der Waals surface area contributed by atoms with Gasteiger partial charge in [-0.25, -0.2) is 19.3 Å². The average Bonchev–Trinajstić information content (AvgIpc) is 2.83. The molecule has 4 rings (SSSR count). The van der Waals surface area contributed by atoms with Gasteiger partial charge in [-0.15, -0.1) is 0 Å². The first-order valence-corrected chi connectivity index (χ1v) is 11.2. The van der Waals surface area contributed by atoms with E-state index in [1.54, 1.807) is 29.3 Å². The first-order valence-electron chi connectivity index (χ1n) is 11.2. The molecule has 2 N–H and O–H groups in total. The summed E-state index contributed by atoms with van der Waals surface area (Å²) in [5.41, 5.74) is 8.84.